The fourth-order valence-electron chi connectivity index (χ4n) is 6.36. The highest BCUT2D eigenvalue weighted by Gasteiger charge is 2.48. The van der Waals surface area contributed by atoms with Gasteiger partial charge in [-0.1, -0.05) is 51.4 Å². The minimum absolute atomic E-state index is 0.00737. The Bertz CT molecular complexity index is 1520. The number of halogens is 1. The van der Waals surface area contributed by atoms with Crippen LogP contribution in [-0.4, -0.2) is 45.1 Å². The number of nitrogens with zero attached hydrogens (tertiary/aromatic N) is 1. The summed E-state index contributed by atoms with van der Waals surface area (Å²) in [5.41, 5.74) is 3.26. The SMILES string of the molecule is COCCN1C2=C(C(=O)CC(C)(C)C2)C(c2cccc(OS(=O)(=O)c3ccc(Cl)cc3)c2)C2=C1CC(C)(C)CC2=O. The average Bonchev–Trinajstić information content (AvgIpc) is 2.86. The van der Waals surface area contributed by atoms with Crippen LogP contribution in [0.2, 0.25) is 5.02 Å². The molecule has 0 unspecified atom stereocenters. The molecule has 0 N–H and O–H groups in total. The molecule has 0 atom stereocenters. The van der Waals surface area contributed by atoms with E-state index in [1.54, 1.807) is 25.3 Å². The highest BCUT2D eigenvalue weighted by Crippen LogP contribution is 2.54. The van der Waals surface area contributed by atoms with Crippen LogP contribution in [0.15, 0.2) is 76.0 Å². The summed E-state index contributed by atoms with van der Waals surface area (Å²) in [5.74, 6) is -0.482. The summed E-state index contributed by atoms with van der Waals surface area (Å²) in [5, 5.41) is 0.414. The molecular formula is C32H36ClNO6S. The minimum Gasteiger partial charge on any atom is -0.383 e. The standard InChI is InChI=1S/C32H36ClNO6S/c1-31(2)16-24-29(26(35)18-31)28(30-25(34(24)13-14-39-5)17-32(3,4)19-27(30)36)20-7-6-8-22(15-20)40-41(37,38)23-11-9-21(33)10-12-23/h6-12,15,28H,13-14,16-19H2,1-5H3. The van der Waals surface area contributed by atoms with E-state index in [0.29, 0.717) is 60.6 Å². The van der Waals surface area contributed by atoms with Crippen molar-refractivity contribution in [3.05, 3.63) is 81.7 Å². The number of hydrogen-bond acceptors (Lipinski definition) is 7. The normalized spacial score (nSPS) is 20.7. The summed E-state index contributed by atoms with van der Waals surface area (Å²) in [6, 6.07) is 12.5. The van der Waals surface area contributed by atoms with Gasteiger partial charge in [0, 0.05) is 60.0 Å². The van der Waals surface area contributed by atoms with E-state index < -0.39 is 16.0 Å². The molecule has 2 aromatic rings. The first kappa shape index (κ1) is 29.5. The fourth-order valence-corrected chi connectivity index (χ4v) is 7.40. The van der Waals surface area contributed by atoms with Gasteiger partial charge in [-0.05, 0) is 65.6 Å². The summed E-state index contributed by atoms with van der Waals surface area (Å²) in [6.07, 6.45) is 2.09. The molecule has 2 aliphatic carbocycles. The molecule has 2 aromatic carbocycles. The maximum absolute atomic E-state index is 13.9. The number of methoxy groups -OCH3 is 1. The van der Waals surface area contributed by atoms with Gasteiger partial charge in [0.15, 0.2) is 11.6 Å². The lowest BCUT2D eigenvalue weighted by molar-refractivity contribution is -0.119. The molecule has 0 radical (unpaired) electrons. The highest BCUT2D eigenvalue weighted by molar-refractivity contribution is 7.87. The van der Waals surface area contributed by atoms with Crippen molar-refractivity contribution >= 4 is 33.3 Å². The third-order valence-corrected chi connectivity index (χ3v) is 9.55. The highest BCUT2D eigenvalue weighted by atomic mass is 35.5. The molecule has 0 saturated heterocycles. The van der Waals surface area contributed by atoms with Crippen molar-refractivity contribution in [2.24, 2.45) is 10.8 Å². The first-order valence-electron chi connectivity index (χ1n) is 13.8. The van der Waals surface area contributed by atoms with E-state index >= 15 is 0 Å². The van der Waals surface area contributed by atoms with Gasteiger partial charge in [-0.2, -0.15) is 8.42 Å². The van der Waals surface area contributed by atoms with Crippen molar-refractivity contribution in [1.29, 1.82) is 0 Å². The Morgan fingerprint density at radius 3 is 1.98 bits per heavy atom. The van der Waals surface area contributed by atoms with Gasteiger partial charge in [-0.15, -0.1) is 0 Å². The quantitative estimate of drug-likeness (QED) is 0.339. The lowest BCUT2D eigenvalue weighted by Gasteiger charge is -2.49. The van der Waals surface area contributed by atoms with Crippen molar-refractivity contribution in [2.75, 3.05) is 20.3 Å². The zero-order valence-corrected chi connectivity index (χ0v) is 25.7. The minimum atomic E-state index is -4.13. The lowest BCUT2D eigenvalue weighted by Crippen LogP contribution is -2.45. The van der Waals surface area contributed by atoms with Crippen LogP contribution in [0, 0.1) is 10.8 Å². The van der Waals surface area contributed by atoms with Crippen molar-refractivity contribution in [3.63, 3.8) is 0 Å². The Morgan fingerprint density at radius 2 is 1.44 bits per heavy atom. The molecule has 0 bridgehead atoms. The van der Waals surface area contributed by atoms with E-state index in [1.807, 2.05) is 6.07 Å². The number of ether oxygens (including phenoxy) is 1. The summed E-state index contributed by atoms with van der Waals surface area (Å²) in [4.78, 5) is 29.9. The summed E-state index contributed by atoms with van der Waals surface area (Å²) < 4.78 is 37.0. The molecule has 0 saturated carbocycles. The molecule has 7 nitrogen and oxygen atoms in total. The number of rotatable bonds is 7. The first-order valence-corrected chi connectivity index (χ1v) is 15.6. The van der Waals surface area contributed by atoms with Crippen LogP contribution < -0.4 is 4.18 Å². The molecule has 1 heterocycles. The fraction of sp³-hybridized carbons (Fsp3) is 0.438. The number of carbonyl (C=O) groups is 2. The van der Waals surface area contributed by atoms with E-state index in [0.717, 1.165) is 11.4 Å². The van der Waals surface area contributed by atoms with Gasteiger partial charge in [-0.25, -0.2) is 0 Å². The number of ketones is 2. The summed E-state index contributed by atoms with van der Waals surface area (Å²) in [7, 11) is -2.49. The molecular weight excluding hydrogens is 562 g/mol. The van der Waals surface area contributed by atoms with Gasteiger partial charge < -0.3 is 13.8 Å². The zero-order chi connectivity index (χ0) is 29.7. The summed E-state index contributed by atoms with van der Waals surface area (Å²) >= 11 is 5.93. The van der Waals surface area contributed by atoms with E-state index in [4.69, 9.17) is 20.5 Å². The maximum atomic E-state index is 13.9. The Labute approximate surface area is 247 Å². The first-order chi connectivity index (χ1) is 19.2. The van der Waals surface area contributed by atoms with Gasteiger partial charge in [0.25, 0.3) is 0 Å². The van der Waals surface area contributed by atoms with Gasteiger partial charge in [0.2, 0.25) is 0 Å². The molecule has 5 rings (SSSR count). The monoisotopic (exact) mass is 597 g/mol. The van der Waals surface area contributed by atoms with Crippen LogP contribution in [0.4, 0.5) is 0 Å². The molecule has 0 fully saturated rings. The van der Waals surface area contributed by atoms with Gasteiger partial charge in [0.1, 0.15) is 10.6 Å². The van der Waals surface area contributed by atoms with Crippen LogP contribution in [-0.2, 0) is 24.4 Å². The molecule has 218 valence electrons. The van der Waals surface area contributed by atoms with E-state index in [1.165, 1.54) is 24.3 Å². The third kappa shape index (κ3) is 5.87. The van der Waals surface area contributed by atoms with E-state index in [-0.39, 0.29) is 33.0 Å². The van der Waals surface area contributed by atoms with Gasteiger partial charge in [-0.3, -0.25) is 9.59 Å². The number of carbonyl (C=O) groups excluding carboxylic acids is 2. The molecule has 41 heavy (non-hydrogen) atoms. The van der Waals surface area contributed by atoms with Crippen molar-refractivity contribution in [2.45, 2.75) is 64.2 Å². The number of benzene rings is 2. The average molecular weight is 598 g/mol. The van der Waals surface area contributed by atoms with E-state index in [9.17, 15) is 18.0 Å². The largest absolute Gasteiger partial charge is 0.383 e. The smallest absolute Gasteiger partial charge is 0.339 e. The van der Waals surface area contributed by atoms with Crippen LogP contribution >= 0.6 is 11.6 Å². The van der Waals surface area contributed by atoms with Gasteiger partial charge in [0.05, 0.1) is 6.61 Å². The Kier molecular flexibility index (Phi) is 7.72. The topological polar surface area (TPSA) is 90.0 Å². The molecule has 0 amide bonds. The molecule has 0 aromatic heterocycles. The lowest BCUT2D eigenvalue weighted by atomic mass is 9.63. The molecule has 9 heteroatoms. The zero-order valence-electron chi connectivity index (χ0n) is 24.1. The number of hydrogen-bond donors (Lipinski definition) is 0. The molecule has 3 aliphatic rings. The predicted octanol–water partition coefficient (Wildman–Crippen LogP) is 6.44. The Balaban J connectivity index is 1.65. The second-order valence-corrected chi connectivity index (χ2v) is 14.7. The van der Waals surface area contributed by atoms with Crippen molar-refractivity contribution in [3.8, 4) is 5.75 Å². The maximum Gasteiger partial charge on any atom is 0.339 e. The predicted molar refractivity (Wildman–Crippen MR) is 157 cm³/mol. The van der Waals surface area contributed by atoms with Crippen LogP contribution in [0.25, 0.3) is 0 Å². The van der Waals surface area contributed by atoms with Crippen molar-refractivity contribution < 1.29 is 26.9 Å². The van der Waals surface area contributed by atoms with Gasteiger partial charge >= 0.3 is 10.1 Å². The third-order valence-electron chi connectivity index (χ3n) is 8.04. The molecule has 0 spiro atoms. The summed E-state index contributed by atoms with van der Waals surface area (Å²) in [6.45, 7) is 9.36. The van der Waals surface area contributed by atoms with E-state index in [2.05, 4.69) is 32.6 Å². The van der Waals surface area contributed by atoms with Crippen LogP contribution in [0.5, 0.6) is 5.75 Å². The second kappa shape index (κ2) is 10.7. The van der Waals surface area contributed by atoms with Crippen molar-refractivity contribution in [1.82, 2.24) is 4.90 Å². The van der Waals surface area contributed by atoms with Crippen LogP contribution in [0.3, 0.4) is 0 Å². The number of allylic oxidation sites excluding steroid dienone is 4. The second-order valence-electron chi connectivity index (χ2n) is 12.7. The Hall–Kier alpha value is -2.94. The molecule has 1 aliphatic heterocycles. The van der Waals surface area contributed by atoms with Crippen LogP contribution in [0.1, 0.15) is 64.9 Å². The Morgan fingerprint density at radius 1 is 0.878 bits per heavy atom. The number of Topliss-reactive ketones (excluding diaryl/α,β-unsaturated/α-hetero) is 2.